The SMILES string of the molecule is CCOc1ccc(-c2ccc(-c3ccc4nc(Nc5ccccc5)nc(CC#N)c4c3)cc2)cc1. The van der Waals surface area contributed by atoms with Crippen molar-refractivity contribution < 1.29 is 4.74 Å². The molecule has 0 saturated carbocycles. The highest BCUT2D eigenvalue weighted by Gasteiger charge is 2.10. The van der Waals surface area contributed by atoms with E-state index in [2.05, 4.69) is 69.9 Å². The Morgan fingerprint density at radius 1 is 0.771 bits per heavy atom. The molecule has 1 N–H and O–H groups in total. The van der Waals surface area contributed by atoms with Crippen molar-refractivity contribution in [3.63, 3.8) is 0 Å². The van der Waals surface area contributed by atoms with Gasteiger partial charge in [-0.15, -0.1) is 0 Å². The highest BCUT2D eigenvalue weighted by atomic mass is 16.5. The maximum atomic E-state index is 9.39. The molecule has 4 aromatic carbocycles. The van der Waals surface area contributed by atoms with E-state index < -0.39 is 0 Å². The van der Waals surface area contributed by atoms with Gasteiger partial charge in [0, 0.05) is 11.1 Å². The van der Waals surface area contributed by atoms with Gasteiger partial charge in [-0.25, -0.2) is 9.97 Å². The molecule has 0 unspecified atom stereocenters. The van der Waals surface area contributed by atoms with Gasteiger partial charge in [0.1, 0.15) is 5.75 Å². The molecule has 5 aromatic rings. The highest BCUT2D eigenvalue weighted by Crippen LogP contribution is 2.29. The number of ether oxygens (including phenoxy) is 1. The average molecular weight is 457 g/mol. The smallest absolute Gasteiger partial charge is 0.228 e. The Labute approximate surface area is 204 Å². The van der Waals surface area contributed by atoms with Crippen LogP contribution < -0.4 is 10.1 Å². The number of nitrogens with one attached hydrogen (secondary N) is 1. The van der Waals surface area contributed by atoms with Gasteiger partial charge in [0.05, 0.1) is 30.3 Å². The van der Waals surface area contributed by atoms with Crippen molar-refractivity contribution in [3.8, 4) is 34.1 Å². The fraction of sp³-hybridized carbons (Fsp3) is 0.100. The number of anilines is 2. The lowest BCUT2D eigenvalue weighted by Gasteiger charge is -2.11. The summed E-state index contributed by atoms with van der Waals surface area (Å²) in [5.74, 6) is 1.36. The Kier molecular flexibility index (Phi) is 6.36. The van der Waals surface area contributed by atoms with E-state index in [0.29, 0.717) is 18.2 Å². The van der Waals surface area contributed by atoms with Crippen LogP contribution in [0.15, 0.2) is 97.1 Å². The molecular weight excluding hydrogens is 432 g/mol. The molecule has 0 aliphatic rings. The predicted molar refractivity (Wildman–Crippen MR) is 141 cm³/mol. The number of aromatic nitrogens is 2. The van der Waals surface area contributed by atoms with Gasteiger partial charge in [-0.2, -0.15) is 5.26 Å². The molecule has 5 nitrogen and oxygen atoms in total. The molecule has 5 heteroatoms. The van der Waals surface area contributed by atoms with Crippen molar-refractivity contribution in [1.29, 1.82) is 5.26 Å². The summed E-state index contributed by atoms with van der Waals surface area (Å²) in [6.45, 7) is 2.64. The minimum atomic E-state index is 0.211. The largest absolute Gasteiger partial charge is 0.494 e. The van der Waals surface area contributed by atoms with Crippen LogP contribution in [-0.4, -0.2) is 16.6 Å². The third-order valence-corrected chi connectivity index (χ3v) is 5.77. The van der Waals surface area contributed by atoms with E-state index in [1.54, 1.807) is 0 Å². The molecule has 0 spiro atoms. The first-order valence-corrected chi connectivity index (χ1v) is 11.6. The van der Waals surface area contributed by atoms with Gasteiger partial charge in [-0.1, -0.05) is 60.7 Å². The average Bonchev–Trinajstić information content (AvgIpc) is 2.90. The van der Waals surface area contributed by atoms with Gasteiger partial charge in [-0.3, -0.25) is 0 Å². The Hall–Kier alpha value is -4.69. The molecule has 0 amide bonds. The molecule has 0 bridgehead atoms. The van der Waals surface area contributed by atoms with Crippen LogP contribution in [0, 0.1) is 11.3 Å². The zero-order chi connectivity index (χ0) is 24.0. The summed E-state index contributed by atoms with van der Waals surface area (Å²) in [6.07, 6.45) is 0.211. The van der Waals surface area contributed by atoms with Gasteiger partial charge >= 0.3 is 0 Å². The summed E-state index contributed by atoms with van der Waals surface area (Å²) < 4.78 is 5.54. The van der Waals surface area contributed by atoms with Gasteiger partial charge < -0.3 is 10.1 Å². The highest BCUT2D eigenvalue weighted by molar-refractivity contribution is 5.88. The third kappa shape index (κ3) is 4.97. The van der Waals surface area contributed by atoms with E-state index in [1.807, 2.05) is 55.5 Å². The summed E-state index contributed by atoms with van der Waals surface area (Å²) >= 11 is 0. The molecule has 0 radical (unpaired) electrons. The van der Waals surface area contributed by atoms with Gasteiger partial charge in [0.2, 0.25) is 5.95 Å². The van der Waals surface area contributed by atoms with Crippen molar-refractivity contribution in [2.24, 2.45) is 0 Å². The van der Waals surface area contributed by atoms with E-state index in [4.69, 9.17) is 4.74 Å². The van der Waals surface area contributed by atoms with Gasteiger partial charge in [-0.05, 0) is 65.6 Å². The van der Waals surface area contributed by atoms with E-state index in [9.17, 15) is 5.26 Å². The number of nitriles is 1. The first kappa shape index (κ1) is 22.1. The molecule has 0 aliphatic heterocycles. The predicted octanol–water partition coefficient (Wildman–Crippen LogP) is 7.17. The summed E-state index contributed by atoms with van der Waals surface area (Å²) in [5.41, 5.74) is 6.85. The summed E-state index contributed by atoms with van der Waals surface area (Å²) in [4.78, 5) is 9.32. The van der Waals surface area contributed by atoms with Gasteiger partial charge in [0.15, 0.2) is 0 Å². The van der Waals surface area contributed by atoms with Crippen LogP contribution >= 0.6 is 0 Å². The van der Waals surface area contributed by atoms with Crippen LogP contribution in [0.4, 0.5) is 11.6 Å². The monoisotopic (exact) mass is 456 g/mol. The zero-order valence-corrected chi connectivity index (χ0v) is 19.4. The second kappa shape index (κ2) is 10.1. The topological polar surface area (TPSA) is 70.8 Å². The van der Waals surface area contributed by atoms with Crippen molar-refractivity contribution in [1.82, 2.24) is 9.97 Å². The third-order valence-electron chi connectivity index (χ3n) is 5.77. The molecule has 1 heterocycles. The summed E-state index contributed by atoms with van der Waals surface area (Å²) in [7, 11) is 0. The number of nitrogens with zero attached hydrogens (tertiary/aromatic N) is 3. The quantitative estimate of drug-likeness (QED) is 0.281. The van der Waals surface area contributed by atoms with Crippen molar-refractivity contribution >= 4 is 22.5 Å². The molecule has 1 aromatic heterocycles. The Bertz CT molecular complexity index is 1490. The minimum absolute atomic E-state index is 0.211. The van der Waals surface area contributed by atoms with Crippen molar-refractivity contribution in [2.75, 3.05) is 11.9 Å². The van der Waals surface area contributed by atoms with Crippen LogP contribution in [-0.2, 0) is 6.42 Å². The zero-order valence-electron chi connectivity index (χ0n) is 19.4. The Balaban J connectivity index is 1.45. The maximum absolute atomic E-state index is 9.39. The molecule has 0 saturated heterocycles. The first-order valence-electron chi connectivity index (χ1n) is 11.6. The molecule has 0 atom stereocenters. The van der Waals surface area contributed by atoms with Crippen LogP contribution in [0.5, 0.6) is 5.75 Å². The molecule has 170 valence electrons. The second-order valence-electron chi connectivity index (χ2n) is 8.09. The number of fused-ring (bicyclic) bond motifs is 1. The molecule has 35 heavy (non-hydrogen) atoms. The fourth-order valence-electron chi connectivity index (χ4n) is 4.05. The van der Waals surface area contributed by atoms with Crippen LogP contribution in [0.25, 0.3) is 33.2 Å². The van der Waals surface area contributed by atoms with Crippen molar-refractivity contribution in [2.45, 2.75) is 13.3 Å². The first-order chi connectivity index (χ1) is 17.2. The van der Waals surface area contributed by atoms with E-state index in [-0.39, 0.29) is 6.42 Å². The lowest BCUT2D eigenvalue weighted by Crippen LogP contribution is -2.01. The summed E-state index contributed by atoms with van der Waals surface area (Å²) in [6, 6.07) is 34.7. The van der Waals surface area contributed by atoms with Crippen LogP contribution in [0.2, 0.25) is 0 Å². The van der Waals surface area contributed by atoms with Crippen molar-refractivity contribution in [3.05, 3.63) is 103 Å². The van der Waals surface area contributed by atoms with Gasteiger partial charge in [0.25, 0.3) is 0 Å². The second-order valence-corrected chi connectivity index (χ2v) is 8.09. The summed E-state index contributed by atoms with van der Waals surface area (Å²) in [5, 5.41) is 13.5. The van der Waals surface area contributed by atoms with E-state index in [0.717, 1.165) is 44.6 Å². The Morgan fingerprint density at radius 3 is 2.06 bits per heavy atom. The number of hydrogen-bond donors (Lipinski definition) is 1. The fourth-order valence-corrected chi connectivity index (χ4v) is 4.05. The standard InChI is InChI=1S/C30H24N4O/c1-2-35-26-15-12-22(13-16-26)21-8-10-23(11-9-21)24-14-17-28-27(20-24)29(18-19-31)34-30(33-28)32-25-6-4-3-5-7-25/h3-17,20H,2,18H2,1H3,(H,32,33,34). The molecular formula is C30H24N4O. The Morgan fingerprint density at radius 2 is 1.40 bits per heavy atom. The number of rotatable bonds is 7. The number of benzene rings is 4. The molecule has 5 rings (SSSR count). The van der Waals surface area contributed by atoms with Crippen LogP contribution in [0.3, 0.4) is 0 Å². The van der Waals surface area contributed by atoms with Crippen LogP contribution in [0.1, 0.15) is 12.6 Å². The maximum Gasteiger partial charge on any atom is 0.228 e. The molecule has 0 aliphatic carbocycles. The van der Waals surface area contributed by atoms with E-state index >= 15 is 0 Å². The minimum Gasteiger partial charge on any atom is -0.494 e. The number of para-hydroxylation sites is 1. The lowest BCUT2D eigenvalue weighted by molar-refractivity contribution is 0.340. The van der Waals surface area contributed by atoms with E-state index in [1.165, 1.54) is 0 Å². The lowest BCUT2D eigenvalue weighted by atomic mass is 9.98. The normalized spacial score (nSPS) is 10.6. The number of hydrogen-bond acceptors (Lipinski definition) is 5. The molecule has 0 fully saturated rings.